The summed E-state index contributed by atoms with van der Waals surface area (Å²) in [5.74, 6) is -0.628. The highest BCUT2D eigenvalue weighted by Gasteiger charge is 2.41. The summed E-state index contributed by atoms with van der Waals surface area (Å²) in [5.41, 5.74) is 1.08. The smallest absolute Gasteiger partial charge is 0.338 e. The number of amides is 1. The molecule has 2 aromatic rings. The highest BCUT2D eigenvalue weighted by molar-refractivity contribution is 5.94. The van der Waals surface area contributed by atoms with Gasteiger partial charge in [-0.3, -0.25) is 4.79 Å². The average molecular weight is 438 g/mol. The Morgan fingerprint density at radius 2 is 1.72 bits per heavy atom. The van der Waals surface area contributed by atoms with E-state index in [9.17, 15) is 9.59 Å². The zero-order chi connectivity index (χ0) is 22.8. The van der Waals surface area contributed by atoms with Crippen LogP contribution in [0.15, 0.2) is 73.3 Å². The second-order valence-corrected chi connectivity index (χ2v) is 7.91. The molecule has 0 aliphatic heterocycles. The molecular weight excluding hydrogens is 406 g/mol. The van der Waals surface area contributed by atoms with Gasteiger partial charge in [0.05, 0.1) is 17.7 Å². The summed E-state index contributed by atoms with van der Waals surface area (Å²) < 4.78 is 17.0. The minimum atomic E-state index is -0.369. The first-order valence-corrected chi connectivity index (χ1v) is 11.0. The number of methoxy groups -OCH3 is 1. The topological polar surface area (TPSA) is 73.9 Å². The van der Waals surface area contributed by atoms with Crippen molar-refractivity contribution in [1.29, 1.82) is 0 Å². The van der Waals surface area contributed by atoms with Crippen LogP contribution in [0.4, 0.5) is 0 Å². The molecule has 1 aliphatic rings. The maximum absolute atomic E-state index is 13.0. The summed E-state index contributed by atoms with van der Waals surface area (Å²) in [5, 5.41) is 3.15. The van der Waals surface area contributed by atoms with Crippen molar-refractivity contribution in [1.82, 2.24) is 5.32 Å². The molecule has 32 heavy (non-hydrogen) atoms. The van der Waals surface area contributed by atoms with Gasteiger partial charge in [-0.1, -0.05) is 42.5 Å². The number of hydrogen-bond donors (Lipinski definition) is 1. The standard InChI is InChI=1S/C26H31NO5/c1-3-11-23(31-18-30-2)24(27-25(28)19-12-6-4-7-13-19)21-16-10-17-22(21)32-26(29)20-14-8-5-9-15-20/h3-9,12-15,21-24H,1,10-11,16-18H2,2H3,(H,27,28)/t21-,22+,23+,24+/m1/s1. The quantitative estimate of drug-likeness (QED) is 0.321. The first-order valence-electron chi connectivity index (χ1n) is 11.0. The number of hydrogen-bond acceptors (Lipinski definition) is 5. The zero-order valence-electron chi connectivity index (χ0n) is 18.4. The van der Waals surface area contributed by atoms with E-state index in [1.165, 1.54) is 0 Å². The van der Waals surface area contributed by atoms with Gasteiger partial charge in [0.25, 0.3) is 5.91 Å². The summed E-state index contributed by atoms with van der Waals surface area (Å²) >= 11 is 0. The lowest BCUT2D eigenvalue weighted by molar-refractivity contribution is -0.0931. The normalized spacial score (nSPS) is 19.7. The van der Waals surface area contributed by atoms with Crippen LogP contribution in [-0.2, 0) is 14.2 Å². The minimum absolute atomic E-state index is 0.0860. The first-order chi connectivity index (χ1) is 15.6. The molecule has 0 heterocycles. The van der Waals surface area contributed by atoms with E-state index < -0.39 is 0 Å². The second-order valence-electron chi connectivity index (χ2n) is 7.91. The maximum Gasteiger partial charge on any atom is 0.338 e. The highest BCUT2D eigenvalue weighted by atomic mass is 16.7. The lowest BCUT2D eigenvalue weighted by Crippen LogP contribution is -2.51. The number of ether oxygens (including phenoxy) is 3. The molecule has 1 amide bonds. The molecule has 0 aromatic heterocycles. The molecule has 0 saturated heterocycles. The van der Waals surface area contributed by atoms with Crippen molar-refractivity contribution in [3.8, 4) is 0 Å². The number of carbonyl (C=O) groups is 2. The summed E-state index contributed by atoms with van der Waals surface area (Å²) in [6.07, 6.45) is 4.08. The van der Waals surface area contributed by atoms with Crippen LogP contribution in [0.5, 0.6) is 0 Å². The van der Waals surface area contributed by atoms with Gasteiger partial charge in [-0.05, 0) is 49.9 Å². The van der Waals surface area contributed by atoms with Crippen LogP contribution in [-0.4, -0.2) is 44.0 Å². The van der Waals surface area contributed by atoms with E-state index in [-0.39, 0.29) is 42.8 Å². The van der Waals surface area contributed by atoms with Gasteiger partial charge in [0.15, 0.2) is 0 Å². The molecule has 0 unspecified atom stereocenters. The first kappa shape index (κ1) is 23.7. The van der Waals surface area contributed by atoms with Gasteiger partial charge < -0.3 is 19.5 Å². The molecule has 2 aromatic carbocycles. The van der Waals surface area contributed by atoms with Crippen LogP contribution in [0.1, 0.15) is 46.4 Å². The second kappa shape index (κ2) is 12.2. The fourth-order valence-electron chi connectivity index (χ4n) is 4.23. The molecule has 0 spiro atoms. The Balaban J connectivity index is 1.81. The van der Waals surface area contributed by atoms with Crippen molar-refractivity contribution in [3.05, 3.63) is 84.4 Å². The van der Waals surface area contributed by atoms with Crippen molar-refractivity contribution in [2.45, 2.75) is 43.9 Å². The zero-order valence-corrected chi connectivity index (χ0v) is 18.4. The molecule has 6 heteroatoms. The van der Waals surface area contributed by atoms with E-state index >= 15 is 0 Å². The number of rotatable bonds is 11. The Kier molecular flexibility index (Phi) is 9.01. The van der Waals surface area contributed by atoms with E-state index in [4.69, 9.17) is 14.2 Å². The van der Waals surface area contributed by atoms with Gasteiger partial charge in [-0.2, -0.15) is 0 Å². The third-order valence-electron chi connectivity index (χ3n) is 5.77. The molecule has 170 valence electrons. The van der Waals surface area contributed by atoms with Gasteiger partial charge >= 0.3 is 5.97 Å². The van der Waals surface area contributed by atoms with E-state index in [1.54, 1.807) is 37.5 Å². The van der Waals surface area contributed by atoms with Crippen LogP contribution >= 0.6 is 0 Å². The van der Waals surface area contributed by atoms with Crippen LogP contribution in [0.25, 0.3) is 0 Å². The fraction of sp³-hybridized carbons (Fsp3) is 0.385. The Morgan fingerprint density at radius 1 is 1.06 bits per heavy atom. The predicted octanol–water partition coefficient (Wildman–Crippen LogP) is 4.38. The number of nitrogens with one attached hydrogen (secondary N) is 1. The molecule has 3 rings (SSSR count). The largest absolute Gasteiger partial charge is 0.458 e. The number of esters is 1. The number of carbonyl (C=O) groups excluding carboxylic acids is 2. The van der Waals surface area contributed by atoms with Crippen molar-refractivity contribution in [2.75, 3.05) is 13.9 Å². The van der Waals surface area contributed by atoms with Gasteiger partial charge in [-0.25, -0.2) is 4.79 Å². The van der Waals surface area contributed by atoms with Crippen molar-refractivity contribution in [2.24, 2.45) is 5.92 Å². The van der Waals surface area contributed by atoms with E-state index in [0.29, 0.717) is 17.5 Å². The van der Waals surface area contributed by atoms with Crippen molar-refractivity contribution < 1.29 is 23.8 Å². The van der Waals surface area contributed by atoms with E-state index in [2.05, 4.69) is 11.9 Å². The third-order valence-corrected chi connectivity index (χ3v) is 5.77. The minimum Gasteiger partial charge on any atom is -0.458 e. The number of benzene rings is 2. The summed E-state index contributed by atoms with van der Waals surface area (Å²) in [4.78, 5) is 25.7. The molecule has 6 nitrogen and oxygen atoms in total. The molecule has 1 N–H and O–H groups in total. The van der Waals surface area contributed by atoms with Gasteiger partial charge in [0.2, 0.25) is 0 Å². The SMILES string of the molecule is C=CC[C@H](OCOC)[C@@H](NC(=O)c1ccccc1)[C@@H]1CCC[C@@H]1OC(=O)c1ccccc1. The molecule has 0 bridgehead atoms. The Bertz CT molecular complexity index is 870. The third kappa shape index (κ3) is 6.28. The fourth-order valence-corrected chi connectivity index (χ4v) is 4.23. The predicted molar refractivity (Wildman–Crippen MR) is 122 cm³/mol. The molecule has 0 radical (unpaired) electrons. The summed E-state index contributed by atoms with van der Waals surface area (Å²) in [6.45, 7) is 3.94. The van der Waals surface area contributed by atoms with Gasteiger partial charge in [0, 0.05) is 18.6 Å². The lowest BCUT2D eigenvalue weighted by Gasteiger charge is -2.34. The lowest BCUT2D eigenvalue weighted by atomic mass is 9.89. The Morgan fingerprint density at radius 3 is 2.34 bits per heavy atom. The molecule has 4 atom stereocenters. The maximum atomic E-state index is 13.0. The molecule has 1 aliphatic carbocycles. The van der Waals surface area contributed by atoms with E-state index in [0.717, 1.165) is 19.3 Å². The van der Waals surface area contributed by atoms with Gasteiger partial charge in [-0.15, -0.1) is 6.58 Å². The van der Waals surface area contributed by atoms with Crippen molar-refractivity contribution >= 4 is 11.9 Å². The van der Waals surface area contributed by atoms with Crippen LogP contribution in [0.3, 0.4) is 0 Å². The Labute approximate surface area is 189 Å². The van der Waals surface area contributed by atoms with Crippen LogP contribution in [0, 0.1) is 5.92 Å². The molecule has 1 saturated carbocycles. The average Bonchev–Trinajstić information content (AvgIpc) is 3.29. The molecule has 1 fully saturated rings. The summed E-state index contributed by atoms with van der Waals surface area (Å²) in [7, 11) is 1.56. The van der Waals surface area contributed by atoms with Crippen molar-refractivity contribution in [3.63, 3.8) is 0 Å². The Hall–Kier alpha value is -2.96. The van der Waals surface area contributed by atoms with Gasteiger partial charge in [0.1, 0.15) is 12.9 Å². The highest BCUT2D eigenvalue weighted by Crippen LogP contribution is 2.34. The van der Waals surface area contributed by atoms with Crippen LogP contribution in [0.2, 0.25) is 0 Å². The monoisotopic (exact) mass is 437 g/mol. The summed E-state index contributed by atoms with van der Waals surface area (Å²) in [6, 6.07) is 17.6. The van der Waals surface area contributed by atoms with Crippen LogP contribution < -0.4 is 5.32 Å². The molecular formula is C26H31NO5. The van der Waals surface area contributed by atoms with E-state index in [1.807, 2.05) is 36.4 Å².